The fourth-order valence-electron chi connectivity index (χ4n) is 2.75. The highest BCUT2D eigenvalue weighted by Crippen LogP contribution is 2.33. The third-order valence-electron chi connectivity index (χ3n) is 4.09. The Kier molecular flexibility index (Phi) is 4.67. The number of ether oxygens (including phenoxy) is 2. The summed E-state index contributed by atoms with van der Waals surface area (Å²) in [6.07, 6.45) is -0.505. The average molecular weight is 353 g/mol. The van der Waals surface area contributed by atoms with Crippen LogP contribution in [0.25, 0.3) is 22.1 Å². The Morgan fingerprint density at radius 2 is 1.85 bits per heavy atom. The maximum atomic E-state index is 12.6. The van der Waals surface area contributed by atoms with E-state index < -0.39 is 11.7 Å². The third kappa shape index (κ3) is 3.13. The zero-order valence-electron chi connectivity index (χ0n) is 15.0. The minimum atomic E-state index is -0.505. The summed E-state index contributed by atoms with van der Waals surface area (Å²) in [7, 11) is 4.74. The van der Waals surface area contributed by atoms with Crippen molar-refractivity contribution in [2.24, 2.45) is 0 Å². The van der Waals surface area contributed by atoms with Crippen LogP contribution in [0.1, 0.15) is 5.56 Å². The number of carbonyl (C=O) groups excluding carboxylic acids is 1. The van der Waals surface area contributed by atoms with E-state index in [1.54, 1.807) is 39.4 Å². The lowest BCUT2D eigenvalue weighted by atomic mass is 9.99. The van der Waals surface area contributed by atoms with Gasteiger partial charge in [0.05, 0.1) is 12.7 Å². The number of hydrogen-bond acceptors (Lipinski definition) is 5. The van der Waals surface area contributed by atoms with E-state index in [9.17, 15) is 9.59 Å². The van der Waals surface area contributed by atoms with Gasteiger partial charge in [-0.3, -0.25) is 0 Å². The molecule has 1 aromatic heterocycles. The van der Waals surface area contributed by atoms with Crippen LogP contribution in [-0.4, -0.2) is 32.2 Å². The lowest BCUT2D eigenvalue weighted by Crippen LogP contribution is -2.25. The second-order valence-corrected chi connectivity index (χ2v) is 6.01. The molecule has 0 N–H and O–H groups in total. The van der Waals surface area contributed by atoms with Crippen molar-refractivity contribution in [2.75, 3.05) is 21.2 Å². The number of amides is 1. The maximum absolute atomic E-state index is 12.6. The fraction of sp³-hybridized carbons (Fsp3) is 0.200. The molecule has 0 radical (unpaired) electrons. The summed E-state index contributed by atoms with van der Waals surface area (Å²) in [5.74, 6) is 0.905. The molecule has 0 spiro atoms. The maximum Gasteiger partial charge on any atom is 0.414 e. The average Bonchev–Trinajstić information content (AvgIpc) is 2.61. The van der Waals surface area contributed by atoms with E-state index in [0.29, 0.717) is 28.2 Å². The van der Waals surface area contributed by atoms with Crippen LogP contribution in [0, 0.1) is 6.92 Å². The lowest BCUT2D eigenvalue weighted by molar-refractivity contribution is 0.172. The van der Waals surface area contributed by atoms with Gasteiger partial charge in [-0.25, -0.2) is 9.59 Å². The van der Waals surface area contributed by atoms with Crippen LogP contribution < -0.4 is 15.1 Å². The molecular formula is C20H19NO5. The Labute approximate surface area is 150 Å². The molecule has 0 atom stereocenters. The number of fused-ring (bicyclic) bond motifs is 1. The predicted octanol–water partition coefficient (Wildman–Crippen LogP) is 3.84. The molecule has 2 aromatic carbocycles. The van der Waals surface area contributed by atoms with Gasteiger partial charge in [-0.2, -0.15) is 0 Å². The van der Waals surface area contributed by atoms with Crippen molar-refractivity contribution in [1.82, 2.24) is 4.90 Å². The van der Waals surface area contributed by atoms with Crippen molar-refractivity contribution in [1.29, 1.82) is 0 Å². The Morgan fingerprint density at radius 1 is 1.12 bits per heavy atom. The molecule has 26 heavy (non-hydrogen) atoms. The number of para-hydroxylation sites is 1. The van der Waals surface area contributed by atoms with Gasteiger partial charge in [-0.05, 0) is 30.7 Å². The van der Waals surface area contributed by atoms with Crippen molar-refractivity contribution >= 4 is 17.1 Å². The third-order valence-corrected chi connectivity index (χ3v) is 4.09. The van der Waals surface area contributed by atoms with Gasteiger partial charge in [0, 0.05) is 31.1 Å². The van der Waals surface area contributed by atoms with Gasteiger partial charge in [-0.1, -0.05) is 18.2 Å². The van der Waals surface area contributed by atoms with Gasteiger partial charge in [-0.15, -0.1) is 0 Å². The number of methoxy groups -OCH3 is 1. The number of hydrogen-bond donors (Lipinski definition) is 0. The molecule has 0 saturated carbocycles. The summed E-state index contributed by atoms with van der Waals surface area (Å²) in [4.78, 5) is 25.6. The summed E-state index contributed by atoms with van der Waals surface area (Å²) in [6, 6.07) is 12.3. The second kappa shape index (κ2) is 6.92. The molecule has 6 heteroatoms. The molecule has 0 aliphatic carbocycles. The van der Waals surface area contributed by atoms with Gasteiger partial charge in [0.1, 0.15) is 17.1 Å². The van der Waals surface area contributed by atoms with Crippen LogP contribution in [0.5, 0.6) is 11.5 Å². The van der Waals surface area contributed by atoms with E-state index in [2.05, 4.69) is 0 Å². The van der Waals surface area contributed by atoms with Gasteiger partial charge < -0.3 is 18.8 Å². The molecule has 3 rings (SSSR count). The molecule has 0 bridgehead atoms. The fourth-order valence-corrected chi connectivity index (χ4v) is 2.75. The standard InChI is InChI=1S/C20H19NO5/c1-12-14-10-9-13(25-20(23)21(2)3)11-17(14)26-19(22)18(12)15-7-5-6-8-16(15)24-4/h5-11H,1-4H3. The van der Waals surface area contributed by atoms with Gasteiger partial charge in [0.25, 0.3) is 0 Å². The Hall–Kier alpha value is -3.28. The van der Waals surface area contributed by atoms with Crippen molar-refractivity contribution in [3.63, 3.8) is 0 Å². The minimum absolute atomic E-state index is 0.309. The number of nitrogens with zero attached hydrogens (tertiary/aromatic N) is 1. The quantitative estimate of drug-likeness (QED) is 0.669. The topological polar surface area (TPSA) is 69.0 Å². The van der Waals surface area contributed by atoms with Crippen LogP contribution in [0.4, 0.5) is 4.79 Å². The molecule has 0 saturated heterocycles. The van der Waals surface area contributed by atoms with Crippen molar-refractivity contribution in [3.8, 4) is 22.6 Å². The van der Waals surface area contributed by atoms with E-state index in [1.807, 2.05) is 25.1 Å². The molecule has 1 amide bonds. The Morgan fingerprint density at radius 3 is 2.54 bits per heavy atom. The zero-order valence-corrected chi connectivity index (χ0v) is 15.0. The predicted molar refractivity (Wildman–Crippen MR) is 98.9 cm³/mol. The van der Waals surface area contributed by atoms with Crippen molar-refractivity contribution < 1.29 is 18.7 Å². The highest BCUT2D eigenvalue weighted by Gasteiger charge is 2.17. The molecule has 0 aliphatic rings. The molecule has 6 nitrogen and oxygen atoms in total. The molecule has 134 valence electrons. The molecule has 3 aromatic rings. The van der Waals surface area contributed by atoms with Crippen LogP contribution in [0.15, 0.2) is 51.7 Å². The van der Waals surface area contributed by atoms with Gasteiger partial charge in [0.15, 0.2) is 0 Å². The first-order valence-corrected chi connectivity index (χ1v) is 8.02. The van der Waals surface area contributed by atoms with E-state index in [4.69, 9.17) is 13.9 Å². The van der Waals surface area contributed by atoms with E-state index in [-0.39, 0.29) is 0 Å². The molecule has 0 aliphatic heterocycles. The lowest BCUT2D eigenvalue weighted by Gasteiger charge is -2.13. The van der Waals surface area contributed by atoms with Crippen LogP contribution in [0.3, 0.4) is 0 Å². The zero-order chi connectivity index (χ0) is 18.8. The largest absolute Gasteiger partial charge is 0.496 e. The normalized spacial score (nSPS) is 10.6. The Balaban J connectivity index is 2.15. The SMILES string of the molecule is COc1ccccc1-c1c(C)c2ccc(OC(=O)N(C)C)cc2oc1=O. The smallest absolute Gasteiger partial charge is 0.414 e. The summed E-state index contributed by atoms with van der Waals surface area (Å²) < 4.78 is 16.1. The first-order chi connectivity index (χ1) is 12.4. The molecule has 0 fully saturated rings. The van der Waals surface area contributed by atoms with Crippen molar-refractivity contribution in [2.45, 2.75) is 6.92 Å². The summed E-state index contributed by atoms with van der Waals surface area (Å²) >= 11 is 0. The van der Waals surface area contributed by atoms with Gasteiger partial charge >= 0.3 is 11.7 Å². The summed E-state index contributed by atoms with van der Waals surface area (Å²) in [6.45, 7) is 1.85. The second-order valence-electron chi connectivity index (χ2n) is 6.01. The number of benzene rings is 2. The van der Waals surface area contributed by atoms with E-state index in [0.717, 1.165) is 10.9 Å². The van der Waals surface area contributed by atoms with Crippen LogP contribution in [-0.2, 0) is 0 Å². The van der Waals surface area contributed by atoms with E-state index >= 15 is 0 Å². The molecular weight excluding hydrogens is 334 g/mol. The van der Waals surface area contributed by atoms with Crippen molar-refractivity contribution in [3.05, 3.63) is 58.4 Å². The summed E-state index contributed by atoms with van der Waals surface area (Å²) in [5.41, 5.74) is 1.77. The van der Waals surface area contributed by atoms with Gasteiger partial charge in [0.2, 0.25) is 0 Å². The highest BCUT2D eigenvalue weighted by atomic mass is 16.6. The molecule has 0 unspecified atom stereocenters. The summed E-state index contributed by atoms with van der Waals surface area (Å²) in [5, 5.41) is 0.759. The number of carbonyl (C=O) groups is 1. The number of aryl methyl sites for hydroxylation is 1. The number of rotatable bonds is 3. The monoisotopic (exact) mass is 353 g/mol. The highest BCUT2D eigenvalue weighted by molar-refractivity contribution is 5.89. The van der Waals surface area contributed by atoms with Crippen LogP contribution >= 0.6 is 0 Å². The first kappa shape index (κ1) is 17.5. The molecule has 1 heterocycles. The Bertz CT molecular complexity index is 1040. The van der Waals surface area contributed by atoms with Crippen LogP contribution in [0.2, 0.25) is 0 Å². The first-order valence-electron chi connectivity index (χ1n) is 8.02. The van der Waals surface area contributed by atoms with E-state index in [1.165, 1.54) is 11.0 Å². The minimum Gasteiger partial charge on any atom is -0.496 e.